The summed E-state index contributed by atoms with van der Waals surface area (Å²) in [6.45, 7) is 15.2. The van der Waals surface area contributed by atoms with Crippen molar-refractivity contribution >= 4 is 37.2 Å². The number of aromatic nitrogens is 1. The average Bonchev–Trinajstić information content (AvgIpc) is 2.78. The second kappa shape index (κ2) is 11.6. The van der Waals surface area contributed by atoms with Crippen molar-refractivity contribution in [1.82, 2.24) is 10.3 Å². The minimum atomic E-state index is -1.95. The molecule has 2 aromatic rings. The standard InChI is InChI=1S/C27H38N2O4Si/c1-9-22(33-34(7,8)27(3,4)5)16-19(2)26(31)28-18-21-17-20-12-10-11-13-23(20)29-24(21)14-15-25(30)32-6/h10-17,22H,9,18H2,1-8H3,(H,28,31)/b15-14+,19-16+. The van der Waals surface area contributed by atoms with Crippen LogP contribution in [-0.4, -0.2) is 38.4 Å². The first-order chi connectivity index (χ1) is 15.9. The predicted molar refractivity (Wildman–Crippen MR) is 141 cm³/mol. The number of fused-ring (bicyclic) bond motifs is 1. The number of hydrogen-bond acceptors (Lipinski definition) is 5. The Morgan fingerprint density at radius 1 is 1.21 bits per heavy atom. The molecule has 0 radical (unpaired) electrons. The summed E-state index contributed by atoms with van der Waals surface area (Å²) in [5.41, 5.74) is 2.85. The first kappa shape index (κ1) is 27.5. The number of rotatable bonds is 9. The molecule has 2 rings (SSSR count). The maximum absolute atomic E-state index is 12.9. The maximum atomic E-state index is 12.9. The fourth-order valence-electron chi connectivity index (χ4n) is 3.14. The second-order valence-corrected chi connectivity index (χ2v) is 14.7. The highest BCUT2D eigenvalue weighted by atomic mass is 28.4. The van der Waals surface area contributed by atoms with Crippen LogP contribution >= 0.6 is 0 Å². The molecule has 34 heavy (non-hydrogen) atoms. The Morgan fingerprint density at radius 2 is 1.88 bits per heavy atom. The van der Waals surface area contributed by atoms with E-state index in [2.05, 4.69) is 51.1 Å². The first-order valence-corrected chi connectivity index (χ1v) is 14.6. The van der Waals surface area contributed by atoms with Crippen LogP contribution in [0.3, 0.4) is 0 Å². The highest BCUT2D eigenvalue weighted by molar-refractivity contribution is 6.74. The van der Waals surface area contributed by atoms with Crippen molar-refractivity contribution in [3.63, 3.8) is 0 Å². The Labute approximate surface area is 204 Å². The summed E-state index contributed by atoms with van der Waals surface area (Å²) in [5, 5.41) is 4.05. The molecule has 1 heterocycles. The van der Waals surface area contributed by atoms with Crippen LogP contribution in [0.25, 0.3) is 17.0 Å². The fraction of sp³-hybridized carbons (Fsp3) is 0.444. The minimum absolute atomic E-state index is 0.0988. The lowest BCUT2D eigenvalue weighted by molar-refractivity contribution is -0.134. The molecule has 7 heteroatoms. The quantitative estimate of drug-likeness (QED) is 0.278. The van der Waals surface area contributed by atoms with Crippen LogP contribution in [-0.2, 0) is 25.3 Å². The van der Waals surface area contributed by atoms with E-state index in [4.69, 9.17) is 9.16 Å². The lowest BCUT2D eigenvalue weighted by atomic mass is 10.1. The number of ether oxygens (including phenoxy) is 1. The van der Waals surface area contributed by atoms with Gasteiger partial charge in [-0.1, -0.05) is 45.9 Å². The van der Waals surface area contributed by atoms with Crippen molar-refractivity contribution in [2.45, 2.75) is 71.8 Å². The SMILES string of the molecule is CCC(/C=C(\C)C(=O)NCc1cc2ccccc2nc1/C=C/C(=O)OC)O[Si](C)(C)C(C)(C)C. The normalized spacial score (nSPS) is 13.8. The zero-order valence-electron chi connectivity index (χ0n) is 21.7. The third-order valence-electron chi connectivity index (χ3n) is 6.30. The van der Waals surface area contributed by atoms with Crippen LogP contribution in [0.2, 0.25) is 18.1 Å². The molecular formula is C27H38N2O4Si. The Hall–Kier alpha value is -2.77. The van der Waals surface area contributed by atoms with E-state index >= 15 is 0 Å². The van der Waals surface area contributed by atoms with Crippen molar-refractivity contribution in [3.05, 3.63) is 59.3 Å². The molecule has 1 atom stereocenters. The molecule has 0 aliphatic carbocycles. The number of hydrogen-bond donors (Lipinski definition) is 1. The number of para-hydroxylation sites is 1. The average molecular weight is 483 g/mol. The third kappa shape index (κ3) is 7.37. The van der Waals surface area contributed by atoms with Gasteiger partial charge in [-0.2, -0.15) is 0 Å². The van der Waals surface area contributed by atoms with Gasteiger partial charge in [0.2, 0.25) is 5.91 Å². The molecule has 184 valence electrons. The zero-order valence-corrected chi connectivity index (χ0v) is 22.7. The molecule has 0 aliphatic heterocycles. The molecule has 1 unspecified atom stereocenters. The number of carbonyl (C=O) groups excluding carboxylic acids is 2. The fourth-order valence-corrected chi connectivity index (χ4v) is 4.48. The Bertz CT molecular complexity index is 1080. The Morgan fingerprint density at radius 3 is 2.50 bits per heavy atom. The lowest BCUT2D eigenvalue weighted by Crippen LogP contribution is -2.43. The van der Waals surface area contributed by atoms with Crippen LogP contribution < -0.4 is 5.32 Å². The van der Waals surface area contributed by atoms with E-state index in [9.17, 15) is 9.59 Å². The molecule has 0 saturated heterocycles. The van der Waals surface area contributed by atoms with Crippen LogP contribution in [0.5, 0.6) is 0 Å². The van der Waals surface area contributed by atoms with Gasteiger partial charge in [0.15, 0.2) is 8.32 Å². The van der Waals surface area contributed by atoms with E-state index in [0.29, 0.717) is 11.3 Å². The van der Waals surface area contributed by atoms with Gasteiger partial charge in [-0.05, 0) is 61.3 Å². The van der Waals surface area contributed by atoms with Crippen LogP contribution in [0.1, 0.15) is 52.3 Å². The molecule has 1 N–H and O–H groups in total. The summed E-state index contributed by atoms with van der Waals surface area (Å²) in [7, 11) is -0.618. The molecular weight excluding hydrogens is 444 g/mol. The molecule has 6 nitrogen and oxygen atoms in total. The second-order valence-electron chi connectivity index (χ2n) is 9.94. The molecule has 1 aromatic heterocycles. The van der Waals surface area contributed by atoms with Crippen molar-refractivity contribution in [2.24, 2.45) is 0 Å². The van der Waals surface area contributed by atoms with Crippen molar-refractivity contribution in [3.8, 4) is 0 Å². The molecule has 1 aromatic carbocycles. The van der Waals surface area contributed by atoms with E-state index in [1.165, 1.54) is 13.2 Å². The lowest BCUT2D eigenvalue weighted by Gasteiger charge is -2.38. The maximum Gasteiger partial charge on any atom is 0.330 e. The summed E-state index contributed by atoms with van der Waals surface area (Å²) >= 11 is 0. The summed E-state index contributed by atoms with van der Waals surface area (Å²) in [6, 6.07) is 9.71. The van der Waals surface area contributed by atoms with Crippen molar-refractivity contribution in [2.75, 3.05) is 7.11 Å². The van der Waals surface area contributed by atoms with Crippen molar-refractivity contribution < 1.29 is 18.8 Å². The topological polar surface area (TPSA) is 77.5 Å². The van der Waals surface area contributed by atoms with Crippen LogP contribution in [0, 0.1) is 0 Å². The van der Waals surface area contributed by atoms with Gasteiger partial charge in [0, 0.05) is 23.6 Å². The van der Waals surface area contributed by atoms with Gasteiger partial charge in [-0.15, -0.1) is 0 Å². The smallest absolute Gasteiger partial charge is 0.330 e. The molecule has 0 bridgehead atoms. The number of esters is 1. The number of amides is 1. The molecule has 1 amide bonds. The van der Waals surface area contributed by atoms with Gasteiger partial charge in [-0.3, -0.25) is 4.79 Å². The number of nitrogens with zero attached hydrogens (tertiary/aromatic N) is 1. The summed E-state index contributed by atoms with van der Waals surface area (Å²) in [5.74, 6) is -0.621. The largest absolute Gasteiger partial charge is 0.466 e. The van der Waals surface area contributed by atoms with Gasteiger partial charge < -0.3 is 14.5 Å². The number of benzene rings is 1. The van der Waals surface area contributed by atoms with Crippen LogP contribution in [0.15, 0.2) is 48.1 Å². The first-order valence-electron chi connectivity index (χ1n) is 11.7. The Kier molecular flexibility index (Phi) is 9.35. The zero-order chi connectivity index (χ0) is 25.5. The third-order valence-corrected chi connectivity index (χ3v) is 10.8. The number of pyridine rings is 1. The summed E-state index contributed by atoms with van der Waals surface area (Å²) in [6.07, 6.45) is 5.56. The highest BCUT2D eigenvalue weighted by Gasteiger charge is 2.38. The van der Waals surface area contributed by atoms with Gasteiger partial charge >= 0.3 is 5.97 Å². The number of nitrogens with one attached hydrogen (secondary N) is 1. The summed E-state index contributed by atoms with van der Waals surface area (Å²) < 4.78 is 11.2. The van der Waals surface area contributed by atoms with Crippen LogP contribution in [0.4, 0.5) is 0 Å². The van der Waals surface area contributed by atoms with E-state index in [0.717, 1.165) is 22.9 Å². The monoisotopic (exact) mass is 482 g/mol. The number of methoxy groups -OCH3 is 1. The van der Waals surface area contributed by atoms with Gasteiger partial charge in [0.1, 0.15) is 0 Å². The Balaban J connectivity index is 2.21. The molecule has 0 fully saturated rings. The predicted octanol–water partition coefficient (Wildman–Crippen LogP) is 5.78. The van der Waals surface area contributed by atoms with Gasteiger partial charge in [-0.25, -0.2) is 9.78 Å². The number of carbonyl (C=O) groups is 2. The van der Waals surface area contributed by atoms with Gasteiger partial charge in [0.25, 0.3) is 0 Å². The van der Waals surface area contributed by atoms with Gasteiger partial charge in [0.05, 0.1) is 24.4 Å². The summed E-state index contributed by atoms with van der Waals surface area (Å²) in [4.78, 5) is 29.1. The van der Waals surface area contributed by atoms with Crippen molar-refractivity contribution in [1.29, 1.82) is 0 Å². The molecule has 0 saturated carbocycles. The van der Waals surface area contributed by atoms with E-state index in [-0.39, 0.29) is 23.6 Å². The highest BCUT2D eigenvalue weighted by Crippen LogP contribution is 2.37. The van der Waals surface area contributed by atoms with E-state index < -0.39 is 14.3 Å². The minimum Gasteiger partial charge on any atom is -0.466 e. The molecule has 0 aliphatic rings. The molecule has 0 spiro atoms. The van der Waals surface area contributed by atoms with E-state index in [1.807, 2.05) is 43.3 Å². The van der Waals surface area contributed by atoms with E-state index in [1.54, 1.807) is 6.08 Å².